The molecule has 0 saturated heterocycles. The first-order valence-corrected chi connectivity index (χ1v) is 14.2. The standard InChI is InChI=1S/C34H26O7S/c35-33(39-31(24-13-5-1-6-14-24)25-15-7-2-8-16-25)29-22-21-28(41-42(37)38)23-30(29)34(36)40-32(26-17-9-3-10-18-26)27-19-11-4-12-20-27/h1-23,31-32,42H. The van der Waals surface area contributed by atoms with Gasteiger partial charge < -0.3 is 13.7 Å². The van der Waals surface area contributed by atoms with E-state index in [1.807, 2.05) is 121 Å². The molecule has 0 N–H and O–H groups in total. The van der Waals surface area contributed by atoms with Crippen molar-refractivity contribution in [3.05, 3.63) is 173 Å². The summed E-state index contributed by atoms with van der Waals surface area (Å²) in [4.78, 5) is 27.5. The van der Waals surface area contributed by atoms with E-state index in [0.29, 0.717) is 11.1 Å². The van der Waals surface area contributed by atoms with Gasteiger partial charge in [0.2, 0.25) is 0 Å². The van der Waals surface area contributed by atoms with Crippen LogP contribution >= 0.6 is 0 Å². The average Bonchev–Trinajstić information content (AvgIpc) is 3.03. The minimum Gasteiger partial charge on any atom is -0.449 e. The smallest absolute Gasteiger partial charge is 0.340 e. The van der Waals surface area contributed by atoms with Crippen LogP contribution in [0.2, 0.25) is 0 Å². The molecule has 0 spiro atoms. The molecule has 5 rings (SSSR count). The van der Waals surface area contributed by atoms with Gasteiger partial charge in [-0.15, -0.1) is 0 Å². The van der Waals surface area contributed by atoms with Crippen LogP contribution in [0.3, 0.4) is 0 Å². The lowest BCUT2D eigenvalue weighted by Gasteiger charge is -2.21. The summed E-state index contributed by atoms with van der Waals surface area (Å²) in [5.74, 6) is -1.80. The van der Waals surface area contributed by atoms with E-state index in [-0.39, 0.29) is 16.9 Å². The predicted molar refractivity (Wildman–Crippen MR) is 158 cm³/mol. The molecule has 42 heavy (non-hydrogen) atoms. The topological polar surface area (TPSA) is 96.0 Å². The first kappa shape index (κ1) is 28.3. The van der Waals surface area contributed by atoms with Gasteiger partial charge in [-0.25, -0.2) is 9.59 Å². The van der Waals surface area contributed by atoms with E-state index in [0.717, 1.165) is 17.2 Å². The summed E-state index contributed by atoms with van der Waals surface area (Å²) in [6.45, 7) is 0. The lowest BCUT2D eigenvalue weighted by Crippen LogP contribution is -2.19. The molecular formula is C34H26O7S. The molecular weight excluding hydrogens is 552 g/mol. The Morgan fingerprint density at radius 2 is 0.833 bits per heavy atom. The van der Waals surface area contributed by atoms with Gasteiger partial charge in [-0.1, -0.05) is 121 Å². The Hall–Kier alpha value is -5.21. The Labute approximate surface area is 245 Å². The molecule has 0 aliphatic carbocycles. The van der Waals surface area contributed by atoms with Crippen molar-refractivity contribution in [3.63, 3.8) is 0 Å². The van der Waals surface area contributed by atoms with Gasteiger partial charge in [0.05, 0.1) is 11.1 Å². The second-order valence-electron chi connectivity index (χ2n) is 9.24. The third kappa shape index (κ3) is 6.92. The molecule has 0 heterocycles. The zero-order chi connectivity index (χ0) is 29.3. The highest BCUT2D eigenvalue weighted by Gasteiger charge is 2.28. The molecule has 0 bridgehead atoms. The van der Waals surface area contributed by atoms with Crippen molar-refractivity contribution < 1.29 is 31.7 Å². The fourth-order valence-corrected chi connectivity index (χ4v) is 4.81. The molecule has 0 saturated carbocycles. The van der Waals surface area contributed by atoms with Crippen LogP contribution in [0.15, 0.2) is 140 Å². The number of ether oxygens (including phenoxy) is 2. The predicted octanol–water partition coefficient (Wildman–Crippen LogP) is 6.48. The Balaban J connectivity index is 1.52. The fourth-order valence-electron chi connectivity index (χ4n) is 4.52. The van der Waals surface area contributed by atoms with Crippen LogP contribution in [0, 0.1) is 0 Å². The van der Waals surface area contributed by atoms with Crippen molar-refractivity contribution in [2.24, 2.45) is 0 Å². The molecule has 0 aromatic heterocycles. The summed E-state index contributed by atoms with van der Waals surface area (Å²) in [6, 6.07) is 40.5. The maximum absolute atomic E-state index is 13.8. The Kier molecular flexibility index (Phi) is 9.06. The molecule has 0 aliphatic heterocycles. The Morgan fingerprint density at radius 1 is 0.476 bits per heavy atom. The normalized spacial score (nSPS) is 10.9. The third-order valence-corrected chi connectivity index (χ3v) is 6.83. The van der Waals surface area contributed by atoms with Crippen molar-refractivity contribution in [2.45, 2.75) is 12.2 Å². The second kappa shape index (κ2) is 13.4. The average molecular weight is 579 g/mol. The number of rotatable bonds is 10. The largest absolute Gasteiger partial charge is 0.449 e. The first-order chi connectivity index (χ1) is 20.5. The molecule has 0 unspecified atom stereocenters. The van der Waals surface area contributed by atoms with Crippen LogP contribution in [0.4, 0.5) is 0 Å². The van der Waals surface area contributed by atoms with Gasteiger partial charge in [-0.3, -0.25) is 0 Å². The SMILES string of the molecule is O=C(OC(c1ccccc1)c1ccccc1)c1ccc(O[SH](=O)=O)cc1C(=O)OC(c1ccccc1)c1ccccc1. The number of carbonyl (C=O) groups is 2. The van der Waals surface area contributed by atoms with Crippen LogP contribution in [-0.2, 0) is 20.5 Å². The lowest BCUT2D eigenvalue weighted by atomic mass is 10.0. The first-order valence-electron chi connectivity index (χ1n) is 13.1. The minimum atomic E-state index is -3.27. The molecule has 0 radical (unpaired) electrons. The van der Waals surface area contributed by atoms with Gasteiger partial charge in [0.1, 0.15) is 5.75 Å². The Morgan fingerprint density at radius 3 is 1.19 bits per heavy atom. The fraction of sp³-hybridized carbons (Fsp3) is 0.0588. The van der Waals surface area contributed by atoms with Gasteiger partial charge in [0.15, 0.2) is 12.2 Å². The number of esters is 2. The van der Waals surface area contributed by atoms with Crippen molar-refractivity contribution >= 4 is 22.9 Å². The second-order valence-corrected chi connectivity index (χ2v) is 9.87. The van der Waals surface area contributed by atoms with Gasteiger partial charge in [-0.05, 0) is 40.5 Å². The Bertz CT molecular complexity index is 1640. The quantitative estimate of drug-likeness (QED) is 0.150. The summed E-state index contributed by atoms with van der Waals surface area (Å²) in [5, 5.41) is 0. The van der Waals surface area contributed by atoms with Crippen molar-refractivity contribution in [2.75, 3.05) is 0 Å². The molecule has 5 aromatic carbocycles. The van der Waals surface area contributed by atoms with E-state index in [9.17, 15) is 18.0 Å². The molecule has 0 amide bonds. The van der Waals surface area contributed by atoms with Crippen molar-refractivity contribution in [1.82, 2.24) is 0 Å². The van der Waals surface area contributed by atoms with E-state index < -0.39 is 35.1 Å². The summed E-state index contributed by atoms with van der Waals surface area (Å²) in [5.41, 5.74) is 2.58. The molecule has 0 aliphatic rings. The maximum atomic E-state index is 13.8. The minimum absolute atomic E-state index is 0.106. The molecule has 0 atom stereocenters. The van der Waals surface area contributed by atoms with Gasteiger partial charge in [0, 0.05) is 0 Å². The zero-order valence-corrected chi connectivity index (χ0v) is 23.1. The number of thiol groups is 1. The monoisotopic (exact) mass is 578 g/mol. The van der Waals surface area contributed by atoms with Crippen LogP contribution in [0.5, 0.6) is 5.75 Å². The van der Waals surface area contributed by atoms with Crippen molar-refractivity contribution in [3.8, 4) is 5.75 Å². The highest BCUT2D eigenvalue weighted by molar-refractivity contribution is 7.67. The summed E-state index contributed by atoms with van der Waals surface area (Å²) >= 11 is 0. The summed E-state index contributed by atoms with van der Waals surface area (Å²) < 4.78 is 39.4. The maximum Gasteiger partial charge on any atom is 0.340 e. The van der Waals surface area contributed by atoms with E-state index >= 15 is 0 Å². The highest BCUT2D eigenvalue weighted by atomic mass is 32.2. The van der Waals surface area contributed by atoms with Crippen LogP contribution in [0.25, 0.3) is 0 Å². The summed E-state index contributed by atoms with van der Waals surface area (Å²) in [7, 11) is -3.27. The molecule has 210 valence electrons. The summed E-state index contributed by atoms with van der Waals surface area (Å²) in [6.07, 6.45) is -1.57. The third-order valence-electron chi connectivity index (χ3n) is 6.47. The molecule has 0 fully saturated rings. The van der Waals surface area contributed by atoms with Crippen LogP contribution < -0.4 is 4.18 Å². The van der Waals surface area contributed by atoms with E-state index in [1.165, 1.54) is 12.1 Å². The zero-order valence-electron chi connectivity index (χ0n) is 22.2. The number of benzene rings is 5. The van der Waals surface area contributed by atoms with E-state index in [4.69, 9.17) is 13.7 Å². The van der Waals surface area contributed by atoms with Gasteiger partial charge in [-0.2, -0.15) is 8.42 Å². The number of hydrogen-bond donors (Lipinski definition) is 1. The molecule has 5 aromatic rings. The van der Waals surface area contributed by atoms with Crippen LogP contribution in [-0.4, -0.2) is 20.4 Å². The van der Waals surface area contributed by atoms with Crippen LogP contribution in [0.1, 0.15) is 55.2 Å². The van der Waals surface area contributed by atoms with Crippen molar-refractivity contribution in [1.29, 1.82) is 0 Å². The number of carbonyl (C=O) groups excluding carboxylic acids is 2. The highest BCUT2D eigenvalue weighted by Crippen LogP contribution is 2.31. The molecule has 7 nitrogen and oxygen atoms in total. The van der Waals surface area contributed by atoms with Gasteiger partial charge in [0.25, 0.3) is 11.0 Å². The van der Waals surface area contributed by atoms with E-state index in [2.05, 4.69) is 0 Å². The molecule has 8 heteroatoms. The van der Waals surface area contributed by atoms with Gasteiger partial charge >= 0.3 is 11.9 Å². The lowest BCUT2D eigenvalue weighted by molar-refractivity contribution is 0.0329. The number of hydrogen-bond acceptors (Lipinski definition) is 7. The van der Waals surface area contributed by atoms with E-state index in [1.54, 1.807) is 0 Å².